The van der Waals surface area contributed by atoms with E-state index in [1.807, 2.05) is 18.2 Å². The van der Waals surface area contributed by atoms with Crippen molar-refractivity contribution in [2.75, 3.05) is 13.1 Å². The maximum absolute atomic E-state index is 13.7. The summed E-state index contributed by atoms with van der Waals surface area (Å²) in [6.45, 7) is 2.10. The molecule has 1 aromatic carbocycles. The Labute approximate surface area is 180 Å². The molecule has 1 N–H and O–H groups in total. The van der Waals surface area contributed by atoms with Crippen LogP contribution < -0.4 is 5.32 Å². The number of halogens is 2. The summed E-state index contributed by atoms with van der Waals surface area (Å²) in [5, 5.41) is 11.7. The maximum atomic E-state index is 13.7. The number of Topliss-reactive ketones (excluding diaryl/α,β-unsaturated/α-hetero) is 1. The van der Waals surface area contributed by atoms with Gasteiger partial charge in [-0.25, -0.2) is 13.6 Å². The van der Waals surface area contributed by atoms with E-state index in [1.54, 1.807) is 4.90 Å². The van der Waals surface area contributed by atoms with Crippen LogP contribution >= 0.6 is 0 Å². The lowest BCUT2D eigenvalue weighted by Crippen LogP contribution is -2.53. The van der Waals surface area contributed by atoms with E-state index in [-0.39, 0.29) is 6.42 Å². The number of nitriles is 1. The Hall–Kier alpha value is -2.53. The molecular weight excluding hydrogens is 404 g/mol. The van der Waals surface area contributed by atoms with Gasteiger partial charge in [0.2, 0.25) is 5.92 Å². The molecule has 6 nitrogen and oxygen atoms in total. The summed E-state index contributed by atoms with van der Waals surface area (Å²) >= 11 is 0. The van der Waals surface area contributed by atoms with Crippen molar-refractivity contribution in [3.05, 3.63) is 35.4 Å². The van der Waals surface area contributed by atoms with E-state index in [4.69, 9.17) is 4.74 Å². The second-order valence-electron chi connectivity index (χ2n) is 9.24. The second kappa shape index (κ2) is 7.86. The molecule has 1 aromatic rings. The van der Waals surface area contributed by atoms with Crippen LogP contribution in [0, 0.1) is 16.7 Å². The molecule has 2 fully saturated rings. The number of rotatable bonds is 6. The molecule has 31 heavy (non-hydrogen) atoms. The van der Waals surface area contributed by atoms with Crippen LogP contribution in [-0.4, -0.2) is 41.8 Å². The quantitative estimate of drug-likeness (QED) is 0.741. The Kier molecular flexibility index (Phi) is 5.50. The van der Waals surface area contributed by atoms with Gasteiger partial charge in [-0.15, -0.1) is 0 Å². The van der Waals surface area contributed by atoms with E-state index in [0.717, 1.165) is 18.1 Å². The van der Waals surface area contributed by atoms with Gasteiger partial charge in [0.05, 0.1) is 29.7 Å². The molecule has 1 saturated carbocycles. The first-order chi connectivity index (χ1) is 14.7. The van der Waals surface area contributed by atoms with Crippen molar-refractivity contribution in [2.24, 2.45) is 5.41 Å². The summed E-state index contributed by atoms with van der Waals surface area (Å²) < 4.78 is 33.5. The summed E-state index contributed by atoms with van der Waals surface area (Å²) in [7, 11) is 0. The average Bonchev–Trinajstić information content (AvgIpc) is 3.42. The van der Waals surface area contributed by atoms with Crippen LogP contribution in [0.4, 0.5) is 13.6 Å². The highest BCUT2D eigenvalue weighted by Crippen LogP contribution is 2.48. The largest absolute Gasteiger partial charge is 0.365 e. The Morgan fingerprint density at radius 3 is 2.55 bits per heavy atom. The SMILES string of the molecule is CC(F)(F)C[C@H](NC(=O)N1CCC2(CC1)OCc1ccccc12)C(=O)CC1(C#N)CC1. The first-order valence-electron chi connectivity index (χ1n) is 10.8. The first kappa shape index (κ1) is 21.7. The Balaban J connectivity index is 1.39. The molecule has 1 saturated heterocycles. The van der Waals surface area contributed by atoms with Gasteiger partial charge < -0.3 is 15.0 Å². The number of carbonyl (C=O) groups excluding carboxylic acids is 2. The number of alkyl halides is 2. The molecule has 166 valence electrons. The zero-order valence-electron chi connectivity index (χ0n) is 17.6. The number of ether oxygens (including phenoxy) is 1. The van der Waals surface area contributed by atoms with E-state index < -0.39 is 41.2 Å². The second-order valence-corrected chi connectivity index (χ2v) is 9.24. The number of nitrogens with one attached hydrogen (secondary N) is 1. The van der Waals surface area contributed by atoms with E-state index in [9.17, 15) is 23.6 Å². The number of hydrogen-bond donors (Lipinski definition) is 1. The van der Waals surface area contributed by atoms with Crippen molar-refractivity contribution < 1.29 is 23.1 Å². The Morgan fingerprint density at radius 1 is 1.26 bits per heavy atom. The number of ketones is 1. The first-order valence-corrected chi connectivity index (χ1v) is 10.8. The lowest BCUT2D eigenvalue weighted by molar-refractivity contribution is -0.124. The number of likely N-dealkylation sites (tertiary alicyclic amines) is 1. The van der Waals surface area contributed by atoms with Crippen LogP contribution in [0.25, 0.3) is 0 Å². The van der Waals surface area contributed by atoms with Gasteiger partial charge in [0.1, 0.15) is 0 Å². The Morgan fingerprint density at radius 2 is 1.94 bits per heavy atom. The predicted octanol–water partition coefficient (Wildman–Crippen LogP) is 3.89. The minimum absolute atomic E-state index is 0.0989. The van der Waals surface area contributed by atoms with E-state index >= 15 is 0 Å². The minimum atomic E-state index is -3.11. The fourth-order valence-corrected chi connectivity index (χ4v) is 4.65. The van der Waals surface area contributed by atoms with Crippen molar-refractivity contribution >= 4 is 11.8 Å². The van der Waals surface area contributed by atoms with Crippen molar-refractivity contribution in [1.29, 1.82) is 5.26 Å². The number of fused-ring (bicyclic) bond motifs is 2. The number of carbonyl (C=O) groups is 2. The summed E-state index contributed by atoms with van der Waals surface area (Å²) in [5.41, 5.74) is 1.15. The van der Waals surface area contributed by atoms with Crippen LogP contribution in [0.5, 0.6) is 0 Å². The predicted molar refractivity (Wildman–Crippen MR) is 108 cm³/mol. The maximum Gasteiger partial charge on any atom is 0.317 e. The summed E-state index contributed by atoms with van der Waals surface area (Å²) in [6, 6.07) is 8.32. The van der Waals surface area contributed by atoms with Crippen LogP contribution in [0.2, 0.25) is 0 Å². The van der Waals surface area contributed by atoms with Crippen LogP contribution in [0.15, 0.2) is 24.3 Å². The van der Waals surface area contributed by atoms with Gasteiger partial charge in [0, 0.05) is 25.9 Å². The molecule has 2 amide bonds. The molecule has 0 aromatic heterocycles. The number of hydrogen-bond acceptors (Lipinski definition) is 4. The van der Waals surface area contributed by atoms with E-state index in [0.29, 0.717) is 45.4 Å². The van der Waals surface area contributed by atoms with Crippen LogP contribution in [-0.2, 0) is 21.7 Å². The zero-order valence-corrected chi connectivity index (χ0v) is 17.6. The highest BCUT2D eigenvalue weighted by Gasteiger charge is 2.47. The average molecular weight is 431 g/mol. The topological polar surface area (TPSA) is 82.4 Å². The molecule has 2 aliphatic heterocycles. The molecule has 1 aliphatic carbocycles. The van der Waals surface area contributed by atoms with Crippen LogP contribution in [0.3, 0.4) is 0 Å². The van der Waals surface area contributed by atoms with E-state index in [1.165, 1.54) is 0 Å². The molecule has 0 bridgehead atoms. The molecule has 4 rings (SSSR count). The van der Waals surface area contributed by atoms with Crippen molar-refractivity contribution in [3.63, 3.8) is 0 Å². The van der Waals surface area contributed by atoms with Gasteiger partial charge in [-0.1, -0.05) is 24.3 Å². The smallest absolute Gasteiger partial charge is 0.317 e. The summed E-state index contributed by atoms with van der Waals surface area (Å²) in [4.78, 5) is 27.0. The monoisotopic (exact) mass is 431 g/mol. The molecule has 1 atom stereocenters. The van der Waals surface area contributed by atoms with Gasteiger partial charge in [0.25, 0.3) is 0 Å². The highest BCUT2D eigenvalue weighted by molar-refractivity contribution is 5.89. The molecule has 2 heterocycles. The summed E-state index contributed by atoms with van der Waals surface area (Å²) in [6.07, 6.45) is 1.53. The molecule has 8 heteroatoms. The third kappa shape index (κ3) is 4.57. The fraction of sp³-hybridized carbons (Fsp3) is 0.609. The van der Waals surface area contributed by atoms with Gasteiger partial charge in [-0.2, -0.15) is 5.26 Å². The van der Waals surface area contributed by atoms with Crippen molar-refractivity contribution in [1.82, 2.24) is 10.2 Å². The zero-order chi connectivity index (χ0) is 22.3. The lowest BCUT2D eigenvalue weighted by atomic mass is 9.84. The number of piperidine rings is 1. The Bertz CT molecular complexity index is 909. The summed E-state index contributed by atoms with van der Waals surface area (Å²) in [5.74, 6) is -3.61. The number of benzene rings is 1. The van der Waals surface area contributed by atoms with Gasteiger partial charge >= 0.3 is 6.03 Å². The van der Waals surface area contributed by atoms with Gasteiger partial charge in [0.15, 0.2) is 5.78 Å². The minimum Gasteiger partial charge on any atom is -0.365 e. The van der Waals surface area contributed by atoms with Gasteiger partial charge in [-0.05, 0) is 43.7 Å². The molecule has 0 radical (unpaired) electrons. The van der Waals surface area contributed by atoms with Gasteiger partial charge in [-0.3, -0.25) is 4.79 Å². The van der Waals surface area contributed by atoms with Crippen molar-refractivity contribution in [3.8, 4) is 6.07 Å². The van der Waals surface area contributed by atoms with E-state index in [2.05, 4.69) is 17.5 Å². The lowest BCUT2D eigenvalue weighted by Gasteiger charge is -2.39. The molecule has 0 unspecified atom stereocenters. The third-order valence-corrected chi connectivity index (χ3v) is 6.72. The normalized spacial score (nSPS) is 21.8. The third-order valence-electron chi connectivity index (χ3n) is 6.72. The molecular formula is C23H27F2N3O3. The highest BCUT2D eigenvalue weighted by atomic mass is 19.3. The van der Waals surface area contributed by atoms with Crippen molar-refractivity contribution in [2.45, 2.75) is 69.6 Å². The fourth-order valence-electron chi connectivity index (χ4n) is 4.65. The number of urea groups is 1. The number of amides is 2. The van der Waals surface area contributed by atoms with Crippen LogP contribution in [0.1, 0.15) is 56.6 Å². The number of nitrogens with zero attached hydrogens (tertiary/aromatic N) is 2. The molecule has 3 aliphatic rings. The standard InChI is InChI=1S/C23H27F2N3O3/c1-21(24,25)12-18(19(29)13-22(15-26)6-7-22)27-20(30)28-10-8-23(9-11-28)17-5-3-2-4-16(17)14-31-23/h2-5,18H,6-14H2,1H3,(H,27,30)/t18-/m0/s1. The molecule has 1 spiro atoms.